The van der Waals surface area contributed by atoms with Crippen LogP contribution in [0.1, 0.15) is 5.56 Å². The first-order valence-electron chi connectivity index (χ1n) is 6.07. The lowest BCUT2D eigenvalue weighted by molar-refractivity contribution is 0.768. The van der Waals surface area contributed by atoms with Gasteiger partial charge < -0.3 is 4.57 Å². The number of hydrogen-bond donors (Lipinski definition) is 0. The summed E-state index contributed by atoms with van der Waals surface area (Å²) in [5.74, 6) is 0. The molecule has 0 fully saturated rings. The van der Waals surface area contributed by atoms with E-state index in [-0.39, 0.29) is 5.56 Å². The Morgan fingerprint density at radius 2 is 1.68 bits per heavy atom. The molecule has 0 N–H and O–H groups in total. The lowest BCUT2D eigenvalue weighted by Crippen LogP contribution is -2.19. The summed E-state index contributed by atoms with van der Waals surface area (Å²) in [5.41, 5.74) is 1.09. The zero-order chi connectivity index (χ0) is 13.2. The van der Waals surface area contributed by atoms with Crippen LogP contribution in [0.4, 0.5) is 0 Å². The first-order chi connectivity index (χ1) is 9.25. The average Bonchev–Trinajstić information content (AvgIpc) is 2.44. The third kappa shape index (κ3) is 2.27. The van der Waals surface area contributed by atoms with Crippen LogP contribution in [0.25, 0.3) is 10.8 Å². The number of pyridine rings is 1. The van der Waals surface area contributed by atoms with Crippen molar-refractivity contribution >= 4 is 22.4 Å². The maximum Gasteiger partial charge on any atom is 0.258 e. The summed E-state index contributed by atoms with van der Waals surface area (Å²) in [6.07, 6.45) is 1.80. The molecule has 3 heteroatoms. The van der Waals surface area contributed by atoms with Crippen molar-refractivity contribution in [1.29, 1.82) is 0 Å². The Bertz CT molecular complexity index is 778. The zero-order valence-electron chi connectivity index (χ0n) is 10.2. The van der Waals surface area contributed by atoms with Crippen LogP contribution in [-0.2, 0) is 6.54 Å². The van der Waals surface area contributed by atoms with E-state index in [1.165, 1.54) is 0 Å². The Morgan fingerprint density at radius 3 is 2.47 bits per heavy atom. The van der Waals surface area contributed by atoms with E-state index < -0.39 is 0 Å². The third-order valence-corrected chi connectivity index (χ3v) is 3.49. The van der Waals surface area contributed by atoms with Crippen LogP contribution in [-0.4, -0.2) is 4.57 Å². The molecule has 94 valence electrons. The first-order valence-corrected chi connectivity index (χ1v) is 6.45. The molecule has 0 spiro atoms. The van der Waals surface area contributed by atoms with Crippen molar-refractivity contribution in [1.82, 2.24) is 4.57 Å². The van der Waals surface area contributed by atoms with Crippen molar-refractivity contribution in [2.24, 2.45) is 0 Å². The molecule has 0 atom stereocenters. The molecule has 0 radical (unpaired) electrons. The Labute approximate surface area is 115 Å². The van der Waals surface area contributed by atoms with E-state index in [0.717, 1.165) is 10.9 Å². The Kier molecular flexibility index (Phi) is 3.10. The number of aromatic nitrogens is 1. The second kappa shape index (κ2) is 4.90. The molecule has 0 amide bonds. The van der Waals surface area contributed by atoms with Gasteiger partial charge in [0.05, 0.1) is 6.54 Å². The molecular weight excluding hydrogens is 258 g/mol. The van der Waals surface area contributed by atoms with E-state index in [0.29, 0.717) is 17.0 Å². The van der Waals surface area contributed by atoms with Gasteiger partial charge >= 0.3 is 0 Å². The molecule has 1 aromatic heterocycles. The molecule has 0 aliphatic heterocycles. The molecule has 2 nitrogen and oxygen atoms in total. The van der Waals surface area contributed by atoms with E-state index in [1.807, 2.05) is 42.5 Å². The fourth-order valence-corrected chi connectivity index (χ4v) is 2.42. The monoisotopic (exact) mass is 269 g/mol. The van der Waals surface area contributed by atoms with Crippen molar-refractivity contribution in [2.45, 2.75) is 6.54 Å². The van der Waals surface area contributed by atoms with Gasteiger partial charge in [-0.2, -0.15) is 0 Å². The first kappa shape index (κ1) is 12.0. The number of hydrogen-bond acceptors (Lipinski definition) is 1. The standard InChI is InChI=1S/C16H12ClNO/c17-15-8-4-7-14-13(15)9-10-18(16(14)19)11-12-5-2-1-3-6-12/h1-10H,11H2. The minimum absolute atomic E-state index is 0.0103. The van der Waals surface area contributed by atoms with Crippen molar-refractivity contribution in [3.63, 3.8) is 0 Å². The maximum absolute atomic E-state index is 12.4. The molecule has 1 heterocycles. The van der Waals surface area contributed by atoms with Crippen LogP contribution in [0.3, 0.4) is 0 Å². The summed E-state index contributed by atoms with van der Waals surface area (Å²) in [6, 6.07) is 17.2. The molecule has 0 saturated heterocycles. The topological polar surface area (TPSA) is 22.0 Å². The zero-order valence-corrected chi connectivity index (χ0v) is 11.0. The molecule has 0 unspecified atom stereocenters. The fraction of sp³-hybridized carbons (Fsp3) is 0.0625. The molecule has 0 aliphatic rings. The van der Waals surface area contributed by atoms with Gasteiger partial charge in [0, 0.05) is 22.0 Å². The van der Waals surface area contributed by atoms with Crippen molar-refractivity contribution in [3.05, 3.63) is 81.7 Å². The Hall–Kier alpha value is -2.06. The molecular formula is C16H12ClNO. The van der Waals surface area contributed by atoms with Crippen LogP contribution in [0.5, 0.6) is 0 Å². The van der Waals surface area contributed by atoms with E-state index in [9.17, 15) is 4.79 Å². The highest BCUT2D eigenvalue weighted by Crippen LogP contribution is 2.20. The van der Waals surface area contributed by atoms with E-state index in [4.69, 9.17) is 11.6 Å². The number of fused-ring (bicyclic) bond motifs is 1. The van der Waals surface area contributed by atoms with E-state index in [1.54, 1.807) is 22.9 Å². The normalized spacial score (nSPS) is 10.8. The maximum atomic E-state index is 12.4. The van der Waals surface area contributed by atoms with Crippen molar-refractivity contribution < 1.29 is 0 Å². The van der Waals surface area contributed by atoms with Gasteiger partial charge in [-0.25, -0.2) is 0 Å². The summed E-state index contributed by atoms with van der Waals surface area (Å²) in [5, 5.41) is 2.07. The molecule has 3 aromatic rings. The van der Waals surface area contributed by atoms with Crippen LogP contribution in [0.2, 0.25) is 5.02 Å². The SMILES string of the molecule is O=c1c2cccc(Cl)c2ccn1Cc1ccccc1. The summed E-state index contributed by atoms with van der Waals surface area (Å²) in [4.78, 5) is 12.4. The highest BCUT2D eigenvalue weighted by Gasteiger charge is 2.05. The second-order valence-corrected chi connectivity index (χ2v) is 4.84. The lowest BCUT2D eigenvalue weighted by atomic mass is 10.1. The van der Waals surface area contributed by atoms with Gasteiger partial charge in [0.2, 0.25) is 0 Å². The number of rotatable bonds is 2. The highest BCUT2D eigenvalue weighted by molar-refractivity contribution is 6.35. The van der Waals surface area contributed by atoms with Gasteiger partial charge in [-0.15, -0.1) is 0 Å². The average molecular weight is 270 g/mol. The highest BCUT2D eigenvalue weighted by atomic mass is 35.5. The number of halogens is 1. The largest absolute Gasteiger partial charge is 0.311 e. The van der Waals surface area contributed by atoms with Gasteiger partial charge in [0.15, 0.2) is 0 Å². The minimum Gasteiger partial charge on any atom is -0.311 e. The van der Waals surface area contributed by atoms with Gasteiger partial charge in [0.25, 0.3) is 5.56 Å². The van der Waals surface area contributed by atoms with Gasteiger partial charge in [-0.05, 0) is 23.8 Å². The summed E-state index contributed by atoms with van der Waals surface area (Å²) in [7, 11) is 0. The fourth-order valence-electron chi connectivity index (χ4n) is 2.18. The third-order valence-electron chi connectivity index (χ3n) is 3.16. The quantitative estimate of drug-likeness (QED) is 0.695. The Morgan fingerprint density at radius 1 is 0.895 bits per heavy atom. The second-order valence-electron chi connectivity index (χ2n) is 4.44. The van der Waals surface area contributed by atoms with Gasteiger partial charge in [-0.1, -0.05) is 48.0 Å². The van der Waals surface area contributed by atoms with Gasteiger partial charge in [0.1, 0.15) is 0 Å². The molecule has 0 bridgehead atoms. The van der Waals surface area contributed by atoms with Crippen LogP contribution < -0.4 is 5.56 Å². The predicted octanol–water partition coefficient (Wildman–Crippen LogP) is 3.70. The Balaban J connectivity index is 2.11. The van der Waals surface area contributed by atoms with E-state index in [2.05, 4.69) is 0 Å². The molecule has 0 saturated carbocycles. The van der Waals surface area contributed by atoms with Crippen LogP contribution in [0.15, 0.2) is 65.6 Å². The smallest absolute Gasteiger partial charge is 0.258 e. The summed E-state index contributed by atoms with van der Waals surface area (Å²) in [6.45, 7) is 0.572. The number of benzene rings is 2. The molecule has 2 aromatic carbocycles. The van der Waals surface area contributed by atoms with Crippen molar-refractivity contribution in [3.8, 4) is 0 Å². The predicted molar refractivity (Wildman–Crippen MR) is 78.8 cm³/mol. The summed E-state index contributed by atoms with van der Waals surface area (Å²) < 4.78 is 1.70. The molecule has 0 aliphatic carbocycles. The summed E-state index contributed by atoms with van der Waals surface area (Å²) >= 11 is 6.09. The minimum atomic E-state index is -0.0103. The number of nitrogens with zero attached hydrogens (tertiary/aromatic N) is 1. The van der Waals surface area contributed by atoms with E-state index >= 15 is 0 Å². The molecule has 3 rings (SSSR count). The lowest BCUT2D eigenvalue weighted by Gasteiger charge is -2.08. The van der Waals surface area contributed by atoms with Gasteiger partial charge in [-0.3, -0.25) is 4.79 Å². The van der Waals surface area contributed by atoms with Crippen molar-refractivity contribution in [2.75, 3.05) is 0 Å². The van der Waals surface area contributed by atoms with Crippen LogP contribution in [0, 0.1) is 0 Å². The van der Waals surface area contributed by atoms with Crippen LogP contribution >= 0.6 is 11.6 Å². The molecule has 19 heavy (non-hydrogen) atoms.